The Balaban J connectivity index is 1.85. The molecule has 3 rings (SSSR count). The minimum Gasteiger partial charge on any atom is -0.481 e. The van der Waals surface area contributed by atoms with Crippen LogP contribution < -0.4 is 0 Å². The van der Waals surface area contributed by atoms with E-state index in [1.165, 1.54) is 12.8 Å². The fourth-order valence-corrected chi connectivity index (χ4v) is 3.81. The first-order valence-corrected chi connectivity index (χ1v) is 8.10. The topological polar surface area (TPSA) is 58.4 Å². The van der Waals surface area contributed by atoms with E-state index < -0.39 is 5.97 Å². The first-order valence-electron chi connectivity index (χ1n) is 8.10. The molecule has 0 saturated carbocycles. The van der Waals surface area contributed by atoms with Gasteiger partial charge in [-0.25, -0.2) is 4.98 Å². The lowest BCUT2D eigenvalue weighted by atomic mass is 9.95. The molecule has 1 N–H and O–H groups in total. The Morgan fingerprint density at radius 3 is 2.86 bits per heavy atom. The van der Waals surface area contributed by atoms with Gasteiger partial charge in [0, 0.05) is 30.9 Å². The van der Waals surface area contributed by atoms with Crippen LogP contribution in [0, 0.1) is 5.92 Å². The molecule has 2 aliphatic rings. The molecule has 0 bridgehead atoms. The third kappa shape index (κ3) is 2.71. The Bertz CT molecular complexity index is 524. The highest BCUT2D eigenvalue weighted by Gasteiger charge is 2.32. The fourth-order valence-electron chi connectivity index (χ4n) is 3.81. The van der Waals surface area contributed by atoms with Crippen molar-refractivity contribution in [3.63, 3.8) is 0 Å². The molecule has 3 heterocycles. The van der Waals surface area contributed by atoms with Crippen LogP contribution in [-0.4, -0.2) is 38.1 Å². The van der Waals surface area contributed by atoms with E-state index in [1.807, 2.05) is 6.20 Å². The molecular formula is C16H25N3O2. The molecule has 5 heteroatoms. The maximum atomic E-state index is 11.2. The number of hydrogen-bond acceptors (Lipinski definition) is 3. The molecule has 0 radical (unpaired) electrons. The largest absolute Gasteiger partial charge is 0.481 e. The number of carboxylic acid groups (broad SMARTS) is 1. The highest BCUT2D eigenvalue weighted by atomic mass is 16.4. The van der Waals surface area contributed by atoms with Gasteiger partial charge in [-0.1, -0.05) is 6.42 Å². The molecule has 1 fully saturated rings. The number of aromatic nitrogens is 2. The molecule has 1 saturated heterocycles. The predicted octanol–water partition coefficient (Wildman–Crippen LogP) is 2.47. The molecule has 1 aromatic heterocycles. The number of piperidine rings is 1. The van der Waals surface area contributed by atoms with Crippen LogP contribution in [0.5, 0.6) is 0 Å². The van der Waals surface area contributed by atoms with E-state index in [2.05, 4.69) is 28.3 Å². The smallest absolute Gasteiger partial charge is 0.306 e. The van der Waals surface area contributed by atoms with Crippen LogP contribution in [0.4, 0.5) is 0 Å². The van der Waals surface area contributed by atoms with Gasteiger partial charge in [-0.3, -0.25) is 9.69 Å². The summed E-state index contributed by atoms with van der Waals surface area (Å²) in [4.78, 5) is 18.4. The van der Waals surface area contributed by atoms with Crippen LogP contribution in [0.1, 0.15) is 57.1 Å². The van der Waals surface area contributed by atoms with Crippen molar-refractivity contribution in [1.82, 2.24) is 14.5 Å². The second kappa shape index (κ2) is 5.79. The van der Waals surface area contributed by atoms with Gasteiger partial charge < -0.3 is 9.67 Å². The maximum Gasteiger partial charge on any atom is 0.306 e. The second-order valence-corrected chi connectivity index (χ2v) is 6.63. The summed E-state index contributed by atoms with van der Waals surface area (Å²) in [5.74, 6) is 0.238. The SMILES string of the molecule is CC(C)N1CCCCC1c1ncc2n1CCC(C(=O)O)C2. The van der Waals surface area contributed by atoms with Gasteiger partial charge in [-0.2, -0.15) is 0 Å². The standard InChI is InChI=1S/C16H25N3O2/c1-11(2)18-7-4-3-5-14(18)15-17-10-13-9-12(16(20)21)6-8-19(13)15/h10-12,14H,3-9H2,1-2H3,(H,20,21). The highest BCUT2D eigenvalue weighted by Crippen LogP contribution is 2.34. The van der Waals surface area contributed by atoms with Crippen LogP contribution in [-0.2, 0) is 17.8 Å². The van der Waals surface area contributed by atoms with Gasteiger partial charge in [0.15, 0.2) is 0 Å². The monoisotopic (exact) mass is 291 g/mol. The summed E-state index contributed by atoms with van der Waals surface area (Å²) in [7, 11) is 0. The van der Waals surface area contributed by atoms with E-state index in [0.717, 1.165) is 37.4 Å². The van der Waals surface area contributed by atoms with E-state index in [1.54, 1.807) is 0 Å². The van der Waals surface area contributed by atoms with Crippen molar-refractivity contribution in [3.05, 3.63) is 17.7 Å². The molecule has 2 atom stereocenters. The second-order valence-electron chi connectivity index (χ2n) is 6.63. The molecule has 1 aromatic rings. The lowest BCUT2D eigenvalue weighted by Gasteiger charge is -2.38. The predicted molar refractivity (Wildman–Crippen MR) is 80.1 cm³/mol. The Labute approximate surface area is 126 Å². The zero-order valence-electron chi connectivity index (χ0n) is 13.0. The van der Waals surface area contributed by atoms with Crippen molar-refractivity contribution in [2.45, 2.75) is 64.6 Å². The molecule has 0 aromatic carbocycles. The molecule has 116 valence electrons. The van der Waals surface area contributed by atoms with Crippen LogP contribution in [0.3, 0.4) is 0 Å². The number of likely N-dealkylation sites (tertiary alicyclic amines) is 1. The molecule has 21 heavy (non-hydrogen) atoms. The van der Waals surface area contributed by atoms with Gasteiger partial charge in [0.05, 0.1) is 12.0 Å². The van der Waals surface area contributed by atoms with Crippen molar-refractivity contribution in [2.75, 3.05) is 6.54 Å². The van der Waals surface area contributed by atoms with E-state index in [4.69, 9.17) is 0 Å². The van der Waals surface area contributed by atoms with Crippen molar-refractivity contribution in [1.29, 1.82) is 0 Å². The number of carbonyl (C=O) groups is 1. The average molecular weight is 291 g/mol. The quantitative estimate of drug-likeness (QED) is 0.929. The van der Waals surface area contributed by atoms with Gasteiger partial charge in [0.25, 0.3) is 0 Å². The molecule has 5 nitrogen and oxygen atoms in total. The third-order valence-electron chi connectivity index (χ3n) is 4.98. The number of carboxylic acids is 1. The lowest BCUT2D eigenvalue weighted by molar-refractivity contribution is -0.142. The van der Waals surface area contributed by atoms with Gasteiger partial charge >= 0.3 is 5.97 Å². The summed E-state index contributed by atoms with van der Waals surface area (Å²) in [6.07, 6.45) is 6.93. The van der Waals surface area contributed by atoms with Crippen LogP contribution in [0.25, 0.3) is 0 Å². The van der Waals surface area contributed by atoms with Crippen molar-refractivity contribution in [3.8, 4) is 0 Å². The number of hydrogen-bond donors (Lipinski definition) is 1. The van der Waals surface area contributed by atoms with E-state index in [9.17, 15) is 9.90 Å². The Morgan fingerprint density at radius 1 is 1.33 bits per heavy atom. The number of aliphatic carboxylic acids is 1. The number of rotatable bonds is 3. The molecule has 0 spiro atoms. The molecule has 2 aliphatic heterocycles. The first-order chi connectivity index (χ1) is 10.1. The van der Waals surface area contributed by atoms with Gasteiger partial charge in [0.2, 0.25) is 0 Å². The molecule has 2 unspecified atom stereocenters. The van der Waals surface area contributed by atoms with Crippen molar-refractivity contribution in [2.24, 2.45) is 5.92 Å². The molecule has 0 amide bonds. The summed E-state index contributed by atoms with van der Waals surface area (Å²) in [5, 5.41) is 9.20. The number of fused-ring (bicyclic) bond motifs is 1. The minimum absolute atomic E-state index is 0.241. The molecule has 0 aliphatic carbocycles. The van der Waals surface area contributed by atoms with E-state index >= 15 is 0 Å². The number of nitrogens with zero attached hydrogens (tertiary/aromatic N) is 3. The van der Waals surface area contributed by atoms with E-state index in [0.29, 0.717) is 18.5 Å². The van der Waals surface area contributed by atoms with Crippen LogP contribution in [0.15, 0.2) is 6.20 Å². The fraction of sp³-hybridized carbons (Fsp3) is 0.750. The van der Waals surface area contributed by atoms with Crippen molar-refractivity contribution < 1.29 is 9.90 Å². The van der Waals surface area contributed by atoms with Gasteiger partial charge in [0.1, 0.15) is 5.82 Å². The zero-order chi connectivity index (χ0) is 15.0. The maximum absolute atomic E-state index is 11.2. The van der Waals surface area contributed by atoms with E-state index in [-0.39, 0.29) is 5.92 Å². The normalized spacial score (nSPS) is 26.8. The Hall–Kier alpha value is -1.36. The summed E-state index contributed by atoms with van der Waals surface area (Å²) in [5.41, 5.74) is 1.10. The van der Waals surface area contributed by atoms with Crippen LogP contribution in [0.2, 0.25) is 0 Å². The zero-order valence-corrected chi connectivity index (χ0v) is 13.0. The Kier molecular flexibility index (Phi) is 4.02. The lowest BCUT2D eigenvalue weighted by Crippen LogP contribution is -2.40. The van der Waals surface area contributed by atoms with Gasteiger partial charge in [-0.05, 0) is 39.7 Å². The summed E-state index contributed by atoms with van der Waals surface area (Å²) in [6.45, 7) is 6.43. The number of imidazole rings is 1. The average Bonchev–Trinajstić information content (AvgIpc) is 2.89. The van der Waals surface area contributed by atoms with Crippen molar-refractivity contribution >= 4 is 5.97 Å². The Morgan fingerprint density at radius 2 is 2.14 bits per heavy atom. The summed E-state index contributed by atoms with van der Waals surface area (Å²) in [6, 6.07) is 0.924. The van der Waals surface area contributed by atoms with Gasteiger partial charge in [-0.15, -0.1) is 0 Å². The highest BCUT2D eigenvalue weighted by molar-refractivity contribution is 5.70. The summed E-state index contributed by atoms with van der Waals surface area (Å²) < 4.78 is 2.28. The minimum atomic E-state index is -0.675. The third-order valence-corrected chi connectivity index (χ3v) is 4.98. The first kappa shape index (κ1) is 14.6. The van der Waals surface area contributed by atoms with Crippen LogP contribution >= 0.6 is 0 Å². The summed E-state index contributed by atoms with van der Waals surface area (Å²) >= 11 is 0. The molecular weight excluding hydrogens is 266 g/mol.